The number of unbranched alkanes of at least 4 members (excludes halogenated alkanes) is 43. The van der Waals surface area contributed by atoms with Crippen LogP contribution in [0.4, 0.5) is 0 Å². The van der Waals surface area contributed by atoms with Crippen LogP contribution in [0.5, 0.6) is 0 Å². The lowest BCUT2D eigenvalue weighted by atomic mass is 10.0. The maximum atomic E-state index is 12.8. The lowest BCUT2D eigenvalue weighted by Gasteiger charge is -2.18. The topological polar surface area (TPSA) is 78.9 Å². The molecule has 0 bridgehead atoms. The van der Waals surface area contributed by atoms with Crippen molar-refractivity contribution in [1.29, 1.82) is 0 Å². The number of ether oxygens (including phenoxy) is 3. The van der Waals surface area contributed by atoms with Crippen molar-refractivity contribution in [1.82, 2.24) is 0 Å². The van der Waals surface area contributed by atoms with E-state index in [0.29, 0.717) is 19.3 Å². The first-order chi connectivity index (χ1) is 33.0. The number of rotatable bonds is 56. The Morgan fingerprint density at radius 2 is 0.493 bits per heavy atom. The van der Waals surface area contributed by atoms with Crippen LogP contribution in [0.3, 0.4) is 0 Å². The molecule has 0 saturated heterocycles. The van der Waals surface area contributed by atoms with Gasteiger partial charge < -0.3 is 14.2 Å². The lowest BCUT2D eigenvalue weighted by molar-refractivity contribution is -0.167. The molecule has 0 aromatic rings. The molecule has 0 aliphatic carbocycles. The van der Waals surface area contributed by atoms with Crippen molar-refractivity contribution >= 4 is 17.9 Å². The molecule has 0 rings (SSSR count). The zero-order chi connectivity index (χ0) is 48.6. The minimum Gasteiger partial charge on any atom is -0.462 e. The second kappa shape index (κ2) is 56.7. The van der Waals surface area contributed by atoms with E-state index in [9.17, 15) is 14.4 Å². The summed E-state index contributed by atoms with van der Waals surface area (Å²) in [4.78, 5) is 38.0. The molecule has 0 amide bonds. The van der Waals surface area contributed by atoms with E-state index in [-0.39, 0.29) is 31.1 Å². The fourth-order valence-corrected chi connectivity index (χ4v) is 9.21. The minimum absolute atomic E-state index is 0.0679. The van der Waals surface area contributed by atoms with Gasteiger partial charge in [-0.1, -0.05) is 290 Å². The Morgan fingerprint density at radius 3 is 0.776 bits per heavy atom. The van der Waals surface area contributed by atoms with Crippen LogP contribution >= 0.6 is 0 Å². The number of carbonyl (C=O) groups excluding carboxylic acids is 3. The summed E-state index contributed by atoms with van der Waals surface area (Å²) >= 11 is 0. The van der Waals surface area contributed by atoms with Gasteiger partial charge in [0.2, 0.25) is 0 Å². The third-order valence-corrected chi connectivity index (χ3v) is 13.8. The van der Waals surface area contributed by atoms with Gasteiger partial charge in [-0.05, 0) is 44.9 Å². The molecule has 1 atom stereocenters. The van der Waals surface area contributed by atoms with Gasteiger partial charge in [-0.2, -0.15) is 0 Å². The second-order valence-corrected chi connectivity index (χ2v) is 20.6. The molecule has 0 aromatic heterocycles. The summed E-state index contributed by atoms with van der Waals surface area (Å²) in [5, 5.41) is 0. The van der Waals surface area contributed by atoms with Gasteiger partial charge in [-0.15, -0.1) is 0 Å². The van der Waals surface area contributed by atoms with Crippen LogP contribution in [0.1, 0.15) is 342 Å². The highest BCUT2D eigenvalue weighted by atomic mass is 16.6. The molecule has 0 N–H and O–H groups in total. The van der Waals surface area contributed by atoms with Crippen molar-refractivity contribution in [3.05, 3.63) is 12.2 Å². The normalized spacial score (nSPS) is 12.0. The zero-order valence-corrected chi connectivity index (χ0v) is 45.5. The maximum absolute atomic E-state index is 12.8. The van der Waals surface area contributed by atoms with Crippen molar-refractivity contribution in [3.63, 3.8) is 0 Å². The van der Waals surface area contributed by atoms with Gasteiger partial charge in [0.25, 0.3) is 0 Å². The number of hydrogen-bond acceptors (Lipinski definition) is 6. The Balaban J connectivity index is 4.07. The molecule has 6 heteroatoms. The van der Waals surface area contributed by atoms with Gasteiger partial charge in [-0.25, -0.2) is 0 Å². The predicted octanol–water partition coefficient (Wildman–Crippen LogP) is 20.1. The van der Waals surface area contributed by atoms with E-state index < -0.39 is 6.10 Å². The Morgan fingerprint density at radius 1 is 0.284 bits per heavy atom. The molecule has 396 valence electrons. The van der Waals surface area contributed by atoms with Gasteiger partial charge in [0.1, 0.15) is 13.2 Å². The van der Waals surface area contributed by atoms with E-state index in [0.717, 1.165) is 64.2 Å². The van der Waals surface area contributed by atoms with E-state index in [1.54, 1.807) is 0 Å². The van der Waals surface area contributed by atoms with E-state index in [1.165, 1.54) is 238 Å². The van der Waals surface area contributed by atoms with Gasteiger partial charge in [0.05, 0.1) is 0 Å². The highest BCUT2D eigenvalue weighted by molar-refractivity contribution is 5.71. The highest BCUT2D eigenvalue weighted by Gasteiger charge is 2.19. The molecule has 67 heavy (non-hydrogen) atoms. The molecule has 0 saturated carbocycles. The molecule has 0 spiro atoms. The van der Waals surface area contributed by atoms with Gasteiger partial charge >= 0.3 is 17.9 Å². The SMILES string of the molecule is CCCCC/C=C\CCCCCCCC(=O)OC(COC(=O)CCCCCCCCCCCC)COC(=O)CCCCCCCCCCCCCCCCCCCCCCCCCCCCC. The van der Waals surface area contributed by atoms with Gasteiger partial charge in [-0.3, -0.25) is 14.4 Å². The van der Waals surface area contributed by atoms with Crippen LogP contribution in [0, 0.1) is 0 Å². The van der Waals surface area contributed by atoms with Crippen LogP contribution in [0.25, 0.3) is 0 Å². The van der Waals surface area contributed by atoms with Crippen molar-refractivity contribution < 1.29 is 28.6 Å². The monoisotopic (exact) mass is 945 g/mol. The first-order valence-electron chi connectivity index (χ1n) is 30.2. The third-order valence-electron chi connectivity index (χ3n) is 13.8. The zero-order valence-electron chi connectivity index (χ0n) is 45.5. The Kier molecular flexibility index (Phi) is 55.2. The summed E-state index contributed by atoms with van der Waals surface area (Å²) in [5.41, 5.74) is 0. The van der Waals surface area contributed by atoms with Crippen molar-refractivity contribution in [3.8, 4) is 0 Å². The van der Waals surface area contributed by atoms with E-state index in [4.69, 9.17) is 14.2 Å². The van der Waals surface area contributed by atoms with Crippen LogP contribution in [0.2, 0.25) is 0 Å². The fourth-order valence-electron chi connectivity index (χ4n) is 9.21. The van der Waals surface area contributed by atoms with Gasteiger partial charge in [0, 0.05) is 19.3 Å². The summed E-state index contributed by atoms with van der Waals surface area (Å²) in [5.74, 6) is -0.857. The van der Waals surface area contributed by atoms with Crippen molar-refractivity contribution in [2.24, 2.45) is 0 Å². The Bertz CT molecular complexity index is 1040. The molecular weight excluding hydrogens is 829 g/mol. The van der Waals surface area contributed by atoms with Gasteiger partial charge in [0.15, 0.2) is 6.10 Å². The molecule has 0 heterocycles. The Hall–Kier alpha value is -1.85. The third kappa shape index (κ3) is 55.0. The first-order valence-corrected chi connectivity index (χ1v) is 30.2. The summed E-state index contributed by atoms with van der Waals surface area (Å²) in [6.45, 7) is 6.65. The molecule has 1 unspecified atom stereocenters. The lowest BCUT2D eigenvalue weighted by Crippen LogP contribution is -2.30. The van der Waals surface area contributed by atoms with E-state index >= 15 is 0 Å². The van der Waals surface area contributed by atoms with Crippen LogP contribution < -0.4 is 0 Å². The average molecular weight is 946 g/mol. The molecule has 0 aliphatic heterocycles. The Labute approximate surface area is 418 Å². The number of allylic oxidation sites excluding steroid dienone is 2. The van der Waals surface area contributed by atoms with Crippen LogP contribution in [0.15, 0.2) is 12.2 Å². The minimum atomic E-state index is -0.768. The smallest absolute Gasteiger partial charge is 0.306 e. The summed E-state index contributed by atoms with van der Waals surface area (Å²) < 4.78 is 16.8. The largest absolute Gasteiger partial charge is 0.462 e. The standard InChI is InChI=1S/C61H116O6/c1-4-7-10-13-16-19-22-24-25-26-27-28-29-30-31-32-33-34-35-36-37-38-40-42-45-48-51-54-60(63)66-57-58(56-65-59(62)53-50-47-44-41-21-18-15-12-9-6-3)67-61(64)55-52-49-46-43-39-23-20-17-14-11-8-5-2/h17,20,58H,4-16,18-19,21-57H2,1-3H3/b20-17-. The quantitative estimate of drug-likeness (QED) is 0.0262. The maximum Gasteiger partial charge on any atom is 0.306 e. The number of esters is 3. The van der Waals surface area contributed by atoms with Crippen LogP contribution in [-0.4, -0.2) is 37.2 Å². The average Bonchev–Trinajstić information content (AvgIpc) is 3.33. The van der Waals surface area contributed by atoms with Crippen molar-refractivity contribution in [2.75, 3.05) is 13.2 Å². The van der Waals surface area contributed by atoms with Crippen molar-refractivity contribution in [2.45, 2.75) is 348 Å². The summed E-state index contributed by atoms with van der Waals surface area (Å²) in [6, 6.07) is 0. The number of carbonyl (C=O) groups is 3. The van der Waals surface area contributed by atoms with Crippen LogP contribution in [-0.2, 0) is 28.6 Å². The summed E-state index contributed by atoms with van der Waals surface area (Å²) in [6.07, 6.45) is 65.2. The second-order valence-electron chi connectivity index (χ2n) is 20.6. The fraction of sp³-hybridized carbons (Fsp3) is 0.918. The molecule has 0 aromatic carbocycles. The molecule has 0 fully saturated rings. The number of hydrogen-bond donors (Lipinski definition) is 0. The molecule has 6 nitrogen and oxygen atoms in total. The predicted molar refractivity (Wildman–Crippen MR) is 289 cm³/mol. The first kappa shape index (κ1) is 65.1. The molecular formula is C61H116O6. The van der Waals surface area contributed by atoms with E-state index in [1.807, 2.05) is 0 Å². The highest BCUT2D eigenvalue weighted by Crippen LogP contribution is 2.18. The van der Waals surface area contributed by atoms with E-state index in [2.05, 4.69) is 32.9 Å². The molecule has 0 radical (unpaired) electrons. The molecule has 0 aliphatic rings. The summed E-state index contributed by atoms with van der Waals surface area (Å²) in [7, 11) is 0.